The molecule has 4 amide bonds. The summed E-state index contributed by atoms with van der Waals surface area (Å²) in [5, 5.41) is 5.88. The lowest BCUT2D eigenvalue weighted by atomic mass is 10.0. The van der Waals surface area contributed by atoms with Gasteiger partial charge in [-0.25, -0.2) is 4.39 Å². The maximum atomic E-state index is 14.7. The number of rotatable bonds is 3. The fourth-order valence-electron chi connectivity index (χ4n) is 5.09. The quantitative estimate of drug-likeness (QED) is 0.576. The molecule has 0 aliphatic carbocycles. The van der Waals surface area contributed by atoms with Crippen molar-refractivity contribution in [1.29, 1.82) is 0 Å². The van der Waals surface area contributed by atoms with Crippen LogP contribution in [-0.4, -0.2) is 71.7 Å². The molecule has 2 aliphatic rings. The van der Waals surface area contributed by atoms with E-state index in [0.29, 0.717) is 38.8 Å². The van der Waals surface area contributed by atoms with Crippen LogP contribution < -0.4 is 10.6 Å². The molecule has 2 atom stereocenters. The summed E-state index contributed by atoms with van der Waals surface area (Å²) in [7, 11) is 0. The fraction of sp³-hybridized carbons (Fsp3) is 0.419. The number of fused-ring (bicyclic) bond motifs is 3. The van der Waals surface area contributed by atoms with E-state index in [1.54, 1.807) is 18.2 Å². The molecular weight excluding hydrogens is 511 g/mol. The lowest BCUT2D eigenvalue weighted by molar-refractivity contribution is -0.133. The molecule has 0 radical (unpaired) electrons. The van der Waals surface area contributed by atoms with Crippen molar-refractivity contribution in [2.45, 2.75) is 51.6 Å². The van der Waals surface area contributed by atoms with Gasteiger partial charge in [-0.2, -0.15) is 0 Å². The number of amides is 4. The van der Waals surface area contributed by atoms with Crippen LogP contribution in [0.25, 0.3) is 6.08 Å². The molecule has 2 N–H and O–H groups in total. The molecule has 9 heteroatoms. The molecule has 2 aromatic rings. The zero-order valence-corrected chi connectivity index (χ0v) is 23.1. The topological polar surface area (TPSA) is 98.8 Å². The van der Waals surface area contributed by atoms with Crippen LogP contribution in [-0.2, 0) is 20.8 Å². The number of nitrogens with one attached hydrogen (secondary N) is 2. The van der Waals surface area contributed by atoms with Crippen molar-refractivity contribution in [1.82, 2.24) is 20.4 Å². The first kappa shape index (κ1) is 29.0. The standard InChI is InChI=1S/C31H37FN4O4/c1-21(2)26-19-35(29(38)15-13-22-8-4-3-5-9-22)20-28(37)33-16-6-10-23-12-14-25(32)24(18-23)31(40)36-17-7-11-27(36)30(39)34-26/h3-5,8-9,12-15,18,21,26-27H,6-7,10-11,16-17,19-20H2,1-2H3,(H,33,37)(H,34,39)/b15-13+/t26-,27-/m0/s1. The summed E-state index contributed by atoms with van der Waals surface area (Å²) in [5.74, 6) is -2.19. The first-order valence-electron chi connectivity index (χ1n) is 13.9. The van der Waals surface area contributed by atoms with Crippen molar-refractivity contribution < 1.29 is 23.6 Å². The molecule has 4 rings (SSSR count). The van der Waals surface area contributed by atoms with E-state index in [-0.39, 0.29) is 42.3 Å². The Morgan fingerprint density at radius 1 is 1.07 bits per heavy atom. The second-order valence-corrected chi connectivity index (χ2v) is 10.7. The Morgan fingerprint density at radius 3 is 2.60 bits per heavy atom. The van der Waals surface area contributed by atoms with Crippen molar-refractivity contribution in [2.24, 2.45) is 5.92 Å². The molecular formula is C31H37FN4O4. The zero-order chi connectivity index (χ0) is 28.6. The maximum absolute atomic E-state index is 14.7. The van der Waals surface area contributed by atoms with E-state index in [4.69, 9.17) is 0 Å². The highest BCUT2D eigenvalue weighted by atomic mass is 19.1. The van der Waals surface area contributed by atoms with E-state index in [2.05, 4.69) is 10.6 Å². The second-order valence-electron chi connectivity index (χ2n) is 10.7. The minimum Gasteiger partial charge on any atom is -0.355 e. The molecule has 0 aromatic heterocycles. The summed E-state index contributed by atoms with van der Waals surface area (Å²) in [6, 6.07) is 12.6. The van der Waals surface area contributed by atoms with Crippen molar-refractivity contribution in [3.63, 3.8) is 0 Å². The Labute approximate surface area is 234 Å². The number of aryl methyl sites for hydroxylation is 1. The van der Waals surface area contributed by atoms with Crippen LogP contribution in [0.5, 0.6) is 0 Å². The summed E-state index contributed by atoms with van der Waals surface area (Å²) < 4.78 is 14.7. The Morgan fingerprint density at radius 2 is 1.85 bits per heavy atom. The van der Waals surface area contributed by atoms with E-state index >= 15 is 0 Å². The highest BCUT2D eigenvalue weighted by molar-refractivity contribution is 5.98. The molecule has 40 heavy (non-hydrogen) atoms. The molecule has 212 valence electrons. The average Bonchev–Trinajstić information content (AvgIpc) is 3.44. The van der Waals surface area contributed by atoms with E-state index in [0.717, 1.165) is 11.1 Å². The summed E-state index contributed by atoms with van der Waals surface area (Å²) in [6.45, 7) is 4.53. The van der Waals surface area contributed by atoms with Gasteiger partial charge in [0.1, 0.15) is 11.9 Å². The fourth-order valence-corrected chi connectivity index (χ4v) is 5.09. The Kier molecular flexibility index (Phi) is 9.69. The molecule has 2 bridgehead atoms. The van der Waals surface area contributed by atoms with Crippen molar-refractivity contribution in [3.8, 4) is 0 Å². The van der Waals surface area contributed by atoms with Crippen molar-refractivity contribution >= 4 is 29.7 Å². The predicted octanol–water partition coefficient (Wildman–Crippen LogP) is 3.18. The molecule has 2 heterocycles. The van der Waals surface area contributed by atoms with Crippen LogP contribution in [0.4, 0.5) is 4.39 Å². The predicted molar refractivity (Wildman–Crippen MR) is 151 cm³/mol. The van der Waals surface area contributed by atoms with Gasteiger partial charge in [0.25, 0.3) is 5.91 Å². The molecule has 1 fully saturated rings. The first-order chi connectivity index (χ1) is 19.2. The van der Waals surface area contributed by atoms with Gasteiger partial charge in [0.15, 0.2) is 0 Å². The van der Waals surface area contributed by atoms with E-state index in [1.807, 2.05) is 44.2 Å². The molecule has 0 unspecified atom stereocenters. The van der Waals surface area contributed by atoms with Crippen LogP contribution in [0.3, 0.4) is 0 Å². The highest BCUT2D eigenvalue weighted by Gasteiger charge is 2.37. The van der Waals surface area contributed by atoms with Gasteiger partial charge >= 0.3 is 0 Å². The summed E-state index contributed by atoms with van der Waals surface area (Å²) >= 11 is 0. The van der Waals surface area contributed by atoms with E-state index in [1.165, 1.54) is 21.9 Å². The smallest absolute Gasteiger partial charge is 0.257 e. The lowest BCUT2D eigenvalue weighted by Gasteiger charge is -2.32. The van der Waals surface area contributed by atoms with Gasteiger partial charge in [0, 0.05) is 31.8 Å². The van der Waals surface area contributed by atoms with Gasteiger partial charge in [0.05, 0.1) is 12.1 Å². The van der Waals surface area contributed by atoms with Gasteiger partial charge in [-0.3, -0.25) is 19.2 Å². The number of carbonyl (C=O) groups excluding carboxylic acids is 4. The minimum absolute atomic E-state index is 0.0482. The normalized spacial score (nSPS) is 21.2. The summed E-state index contributed by atoms with van der Waals surface area (Å²) in [5.41, 5.74) is 1.57. The SMILES string of the molecule is CC(C)[C@@H]1CN(C(=O)/C=C/c2ccccc2)CC(=O)NCCCc2ccc(F)c(c2)C(=O)N2CCC[C@H]2C(=O)N1. The monoisotopic (exact) mass is 548 g/mol. The molecule has 0 saturated carbocycles. The Bertz CT molecular complexity index is 1260. The second kappa shape index (κ2) is 13.4. The molecule has 2 aromatic carbocycles. The van der Waals surface area contributed by atoms with Crippen molar-refractivity contribution in [2.75, 3.05) is 26.2 Å². The Hall–Kier alpha value is -4.01. The van der Waals surface area contributed by atoms with Crippen LogP contribution in [0.1, 0.15) is 54.6 Å². The van der Waals surface area contributed by atoms with E-state index < -0.39 is 23.8 Å². The Balaban J connectivity index is 1.61. The molecule has 0 spiro atoms. The number of hydrogen-bond donors (Lipinski definition) is 2. The van der Waals surface area contributed by atoms with Gasteiger partial charge in [-0.05, 0) is 60.9 Å². The van der Waals surface area contributed by atoms with Crippen molar-refractivity contribution in [3.05, 3.63) is 77.1 Å². The molecule has 2 aliphatic heterocycles. The van der Waals surface area contributed by atoms with Gasteiger partial charge in [0.2, 0.25) is 17.7 Å². The lowest BCUT2D eigenvalue weighted by Crippen LogP contribution is -2.54. The maximum Gasteiger partial charge on any atom is 0.257 e. The average molecular weight is 549 g/mol. The number of benzene rings is 2. The number of nitrogens with zero attached hydrogens (tertiary/aromatic N) is 2. The molecule has 8 nitrogen and oxygen atoms in total. The third kappa shape index (κ3) is 7.34. The van der Waals surface area contributed by atoms with E-state index in [9.17, 15) is 23.6 Å². The summed E-state index contributed by atoms with van der Waals surface area (Å²) in [4.78, 5) is 55.9. The number of carbonyl (C=O) groups is 4. The third-order valence-electron chi connectivity index (χ3n) is 7.46. The van der Waals surface area contributed by atoms with Crippen LogP contribution in [0, 0.1) is 11.7 Å². The zero-order valence-electron chi connectivity index (χ0n) is 23.1. The van der Waals surface area contributed by atoms with Crippen LogP contribution >= 0.6 is 0 Å². The highest BCUT2D eigenvalue weighted by Crippen LogP contribution is 2.23. The minimum atomic E-state index is -0.738. The van der Waals surface area contributed by atoms with Gasteiger partial charge in [-0.1, -0.05) is 50.2 Å². The largest absolute Gasteiger partial charge is 0.355 e. The number of halogens is 1. The summed E-state index contributed by atoms with van der Waals surface area (Å²) in [6.07, 6.45) is 5.33. The van der Waals surface area contributed by atoms with Gasteiger partial charge in [-0.15, -0.1) is 0 Å². The van der Waals surface area contributed by atoms with Gasteiger partial charge < -0.3 is 20.4 Å². The third-order valence-corrected chi connectivity index (χ3v) is 7.46. The first-order valence-corrected chi connectivity index (χ1v) is 13.9. The van der Waals surface area contributed by atoms with Crippen LogP contribution in [0.2, 0.25) is 0 Å². The number of hydrogen-bond acceptors (Lipinski definition) is 4. The molecule has 1 saturated heterocycles. The van der Waals surface area contributed by atoms with Crippen LogP contribution in [0.15, 0.2) is 54.6 Å².